The summed E-state index contributed by atoms with van der Waals surface area (Å²) >= 11 is 0. The number of hydrogen-bond donors (Lipinski definition) is 1. The smallest absolute Gasteiger partial charge is 0.280 e. The minimum absolute atomic E-state index is 0.0568. The van der Waals surface area contributed by atoms with E-state index in [1.807, 2.05) is 13.8 Å². The van der Waals surface area contributed by atoms with E-state index in [0.717, 1.165) is 0 Å². The molecule has 1 N–H and O–H groups in total. The van der Waals surface area contributed by atoms with Crippen LogP contribution in [0.4, 0.5) is 0 Å². The largest absolute Gasteiger partial charge is 0.329 e. The van der Waals surface area contributed by atoms with Crippen LogP contribution in [0.5, 0.6) is 0 Å². The highest BCUT2D eigenvalue weighted by Crippen LogP contribution is 2.06. The van der Waals surface area contributed by atoms with Gasteiger partial charge >= 0.3 is 5.69 Å². The highest BCUT2D eigenvalue weighted by atomic mass is 16.2. The van der Waals surface area contributed by atoms with Gasteiger partial charge < -0.3 is 0 Å². The van der Waals surface area contributed by atoms with Gasteiger partial charge in [-0.15, -0.1) is 5.10 Å². The van der Waals surface area contributed by atoms with Crippen molar-refractivity contribution in [2.45, 2.75) is 26.4 Å². The van der Waals surface area contributed by atoms with Crippen molar-refractivity contribution in [3.05, 3.63) is 45.0 Å². The summed E-state index contributed by atoms with van der Waals surface area (Å²) in [7, 11) is 0. The molecule has 0 atom stereocenters. The quantitative estimate of drug-likeness (QED) is 0.795. The Hall–Kier alpha value is -2.18. The minimum Gasteiger partial charge on any atom is -0.280 e. The number of aromatic nitrogens is 5. The topological polar surface area (TPSA) is 85.6 Å². The molecule has 0 spiro atoms. The van der Waals surface area contributed by atoms with Crippen LogP contribution in [0.15, 0.2) is 28.2 Å². The van der Waals surface area contributed by atoms with Gasteiger partial charge in [-0.25, -0.2) is 9.48 Å². The Morgan fingerprint density at radius 1 is 1.41 bits per heavy atom. The summed E-state index contributed by atoms with van der Waals surface area (Å²) in [5.41, 5.74) is -0.209. The van der Waals surface area contributed by atoms with Crippen LogP contribution in [0.3, 0.4) is 0 Å². The maximum Gasteiger partial charge on any atom is 0.329 e. The van der Waals surface area contributed by atoms with Crippen molar-refractivity contribution in [2.75, 3.05) is 0 Å². The maximum absolute atomic E-state index is 11.6. The third-order valence-electron chi connectivity index (χ3n) is 2.43. The molecule has 2 rings (SSSR count). The summed E-state index contributed by atoms with van der Waals surface area (Å²) in [6.45, 7) is 4.03. The first-order valence-electron chi connectivity index (χ1n) is 5.25. The number of rotatable bonds is 3. The lowest BCUT2D eigenvalue weighted by molar-refractivity contribution is 0.504. The minimum atomic E-state index is -0.449. The summed E-state index contributed by atoms with van der Waals surface area (Å²) in [6, 6.07) is 0. The molecule has 0 aliphatic carbocycles. The van der Waals surface area contributed by atoms with Crippen LogP contribution in [0.2, 0.25) is 0 Å². The van der Waals surface area contributed by atoms with Crippen LogP contribution < -0.4 is 11.2 Å². The van der Waals surface area contributed by atoms with Crippen LogP contribution >= 0.6 is 0 Å². The Morgan fingerprint density at radius 2 is 2.18 bits per heavy atom. The highest BCUT2D eigenvalue weighted by molar-refractivity contribution is 5.09. The fourth-order valence-corrected chi connectivity index (χ4v) is 1.51. The molecule has 7 heteroatoms. The number of hydrogen-bond acceptors (Lipinski definition) is 4. The molecule has 0 unspecified atom stereocenters. The standard InChI is InChI=1S/C10H13N5O2/c1-7(2)8-5-14(10(17)12-9(8)16)6-15-4-3-11-13-15/h3-5,7H,6H2,1-2H3,(H,12,16,17). The highest BCUT2D eigenvalue weighted by Gasteiger charge is 2.08. The predicted octanol–water partition coefficient (Wildman–Crippen LogP) is -0.243. The molecule has 0 aliphatic heterocycles. The number of aromatic amines is 1. The lowest BCUT2D eigenvalue weighted by atomic mass is 10.1. The van der Waals surface area contributed by atoms with Gasteiger partial charge in [0, 0.05) is 18.0 Å². The van der Waals surface area contributed by atoms with E-state index in [1.165, 1.54) is 15.4 Å². The Balaban J connectivity index is 2.44. The van der Waals surface area contributed by atoms with E-state index in [2.05, 4.69) is 15.3 Å². The first-order chi connectivity index (χ1) is 8.08. The van der Waals surface area contributed by atoms with Gasteiger partial charge in [-0.2, -0.15) is 0 Å². The third kappa shape index (κ3) is 2.32. The van der Waals surface area contributed by atoms with E-state index in [-0.39, 0.29) is 18.1 Å². The molecule has 0 saturated heterocycles. The fourth-order valence-electron chi connectivity index (χ4n) is 1.51. The third-order valence-corrected chi connectivity index (χ3v) is 2.43. The van der Waals surface area contributed by atoms with Crippen molar-refractivity contribution in [3.8, 4) is 0 Å². The van der Waals surface area contributed by atoms with E-state index < -0.39 is 5.69 Å². The van der Waals surface area contributed by atoms with Crippen molar-refractivity contribution >= 4 is 0 Å². The SMILES string of the molecule is CC(C)c1cn(Cn2ccnn2)c(=O)[nH]c1=O. The van der Waals surface area contributed by atoms with Crippen molar-refractivity contribution in [2.24, 2.45) is 0 Å². The van der Waals surface area contributed by atoms with Gasteiger partial charge in [0.2, 0.25) is 0 Å². The van der Waals surface area contributed by atoms with Crippen LogP contribution in [-0.2, 0) is 6.67 Å². The van der Waals surface area contributed by atoms with Crippen molar-refractivity contribution < 1.29 is 0 Å². The summed E-state index contributed by atoms with van der Waals surface area (Å²) < 4.78 is 2.90. The van der Waals surface area contributed by atoms with E-state index in [4.69, 9.17) is 0 Å². The second-order valence-corrected chi connectivity index (χ2v) is 4.05. The Labute approximate surface area is 96.7 Å². The van der Waals surface area contributed by atoms with E-state index in [9.17, 15) is 9.59 Å². The zero-order valence-corrected chi connectivity index (χ0v) is 9.62. The molecule has 0 bridgehead atoms. The molecule has 17 heavy (non-hydrogen) atoms. The zero-order chi connectivity index (χ0) is 12.4. The van der Waals surface area contributed by atoms with Gasteiger partial charge in [-0.3, -0.25) is 14.3 Å². The van der Waals surface area contributed by atoms with Gasteiger partial charge in [0.1, 0.15) is 6.67 Å². The van der Waals surface area contributed by atoms with Crippen LogP contribution in [0.1, 0.15) is 25.3 Å². The average molecular weight is 235 g/mol. The molecular formula is C10H13N5O2. The van der Waals surface area contributed by atoms with E-state index >= 15 is 0 Å². The molecule has 0 saturated carbocycles. The van der Waals surface area contributed by atoms with Gasteiger partial charge in [-0.1, -0.05) is 19.1 Å². The van der Waals surface area contributed by atoms with E-state index in [0.29, 0.717) is 5.56 Å². The molecule has 7 nitrogen and oxygen atoms in total. The molecule has 2 heterocycles. The molecular weight excluding hydrogens is 222 g/mol. The normalized spacial score (nSPS) is 11.0. The summed E-state index contributed by atoms with van der Waals surface area (Å²) in [4.78, 5) is 25.4. The van der Waals surface area contributed by atoms with Gasteiger partial charge in [0.15, 0.2) is 0 Å². The predicted molar refractivity (Wildman–Crippen MR) is 60.8 cm³/mol. The number of nitrogens with zero attached hydrogens (tertiary/aromatic N) is 4. The first kappa shape index (κ1) is 11.3. The molecule has 0 aliphatic rings. The second kappa shape index (κ2) is 4.36. The molecule has 2 aromatic rings. The molecule has 0 amide bonds. The second-order valence-electron chi connectivity index (χ2n) is 4.05. The lowest BCUT2D eigenvalue weighted by Gasteiger charge is -2.08. The maximum atomic E-state index is 11.6. The van der Waals surface area contributed by atoms with Crippen LogP contribution in [0.25, 0.3) is 0 Å². The van der Waals surface area contributed by atoms with Gasteiger partial charge in [0.25, 0.3) is 5.56 Å². The van der Waals surface area contributed by atoms with Crippen molar-refractivity contribution in [1.82, 2.24) is 24.5 Å². The van der Waals surface area contributed by atoms with Gasteiger partial charge in [0.05, 0.1) is 6.20 Å². The summed E-state index contributed by atoms with van der Waals surface area (Å²) in [5, 5.41) is 7.41. The first-order valence-corrected chi connectivity index (χ1v) is 5.25. The van der Waals surface area contributed by atoms with Crippen LogP contribution in [-0.4, -0.2) is 24.5 Å². The molecule has 0 radical (unpaired) electrons. The Kier molecular flexibility index (Phi) is 2.90. The zero-order valence-electron chi connectivity index (χ0n) is 9.62. The number of H-pyrrole nitrogens is 1. The monoisotopic (exact) mass is 235 g/mol. The van der Waals surface area contributed by atoms with Gasteiger partial charge in [-0.05, 0) is 5.92 Å². The Bertz CT molecular complexity index is 608. The average Bonchev–Trinajstić information content (AvgIpc) is 2.74. The van der Waals surface area contributed by atoms with Crippen LogP contribution in [0, 0.1) is 0 Å². The lowest BCUT2D eigenvalue weighted by Crippen LogP contribution is -2.33. The Morgan fingerprint density at radius 3 is 2.76 bits per heavy atom. The van der Waals surface area contributed by atoms with Crippen molar-refractivity contribution in [3.63, 3.8) is 0 Å². The molecule has 2 aromatic heterocycles. The van der Waals surface area contributed by atoms with Crippen molar-refractivity contribution in [1.29, 1.82) is 0 Å². The molecule has 90 valence electrons. The summed E-state index contributed by atoms with van der Waals surface area (Å²) in [5.74, 6) is 0.0568. The fraction of sp³-hybridized carbons (Fsp3) is 0.400. The molecule has 0 fully saturated rings. The van der Waals surface area contributed by atoms with E-state index in [1.54, 1.807) is 12.4 Å². The number of nitrogens with one attached hydrogen (secondary N) is 1. The molecule has 0 aromatic carbocycles. The summed E-state index contributed by atoms with van der Waals surface area (Å²) in [6.07, 6.45) is 4.74.